The maximum Gasteiger partial charge on any atom is 0.273 e. The van der Waals surface area contributed by atoms with Crippen LogP contribution in [0.15, 0.2) is 29.5 Å². The molecule has 0 radical (unpaired) electrons. The Morgan fingerprint density at radius 1 is 1.17 bits per heavy atom. The molecule has 180 valence electrons. The Bertz CT molecular complexity index is 1290. The van der Waals surface area contributed by atoms with E-state index in [1.54, 1.807) is 6.07 Å². The summed E-state index contributed by atoms with van der Waals surface area (Å²) in [4.78, 5) is 28.0. The molecule has 8 nitrogen and oxygen atoms in total. The lowest BCUT2D eigenvalue weighted by atomic mass is 10.0. The van der Waals surface area contributed by atoms with Crippen LogP contribution >= 0.6 is 0 Å². The molecule has 7 atom stereocenters. The van der Waals surface area contributed by atoms with Crippen LogP contribution in [0.4, 0.5) is 14.6 Å². The molecule has 3 fully saturated rings. The number of hydrogen-bond donors (Lipinski definition) is 3. The second-order valence-electron chi connectivity index (χ2n) is 9.65. The average Bonchev–Trinajstić information content (AvgIpc) is 3.24. The number of aromatic nitrogens is 2. The Balaban J connectivity index is 1.31. The van der Waals surface area contributed by atoms with E-state index >= 15 is 0 Å². The molecule has 2 aromatic rings. The van der Waals surface area contributed by atoms with Crippen LogP contribution in [-0.4, -0.2) is 67.7 Å². The molecule has 1 amide bonds. The number of rotatable bonds is 4. The first-order valence-corrected chi connectivity index (χ1v) is 11.6. The maximum absolute atomic E-state index is 14.6. The van der Waals surface area contributed by atoms with E-state index in [0.29, 0.717) is 28.2 Å². The van der Waals surface area contributed by atoms with Gasteiger partial charge in [0, 0.05) is 12.0 Å². The monoisotopic (exact) mass is 479 g/mol. The van der Waals surface area contributed by atoms with Gasteiger partial charge in [-0.3, -0.25) is 9.79 Å². The number of nitrogens with one attached hydrogen (secondary N) is 1. The number of amides is 1. The van der Waals surface area contributed by atoms with Crippen molar-refractivity contribution in [3.05, 3.63) is 52.7 Å². The second-order valence-corrected chi connectivity index (χ2v) is 9.65. The summed E-state index contributed by atoms with van der Waals surface area (Å²) in [5.41, 5.74) is 1.79. The van der Waals surface area contributed by atoms with E-state index < -0.39 is 42.2 Å². The fraction of sp³-hybridized carbons (Fsp3) is 0.440. The molecule has 2 saturated carbocycles. The summed E-state index contributed by atoms with van der Waals surface area (Å²) in [7, 11) is 0. The van der Waals surface area contributed by atoms with Crippen LogP contribution in [0.2, 0.25) is 0 Å². The van der Waals surface area contributed by atoms with Gasteiger partial charge in [0.2, 0.25) is 0 Å². The van der Waals surface area contributed by atoms with Gasteiger partial charge in [0.05, 0.1) is 42.5 Å². The summed E-state index contributed by atoms with van der Waals surface area (Å²) in [6.07, 6.45) is 4.59. The highest BCUT2D eigenvalue weighted by Crippen LogP contribution is 2.53. The Morgan fingerprint density at radius 3 is 2.74 bits per heavy atom. The Kier molecular flexibility index (Phi) is 5.09. The molecule has 0 bridgehead atoms. The lowest BCUT2D eigenvalue weighted by molar-refractivity contribution is -0.125. The molecule has 0 unspecified atom stereocenters. The van der Waals surface area contributed by atoms with Gasteiger partial charge in [-0.05, 0) is 42.0 Å². The molecule has 1 aromatic heterocycles. The second kappa shape index (κ2) is 8.07. The molecule has 3 N–H and O–H groups in total. The van der Waals surface area contributed by atoms with Crippen LogP contribution in [0.3, 0.4) is 0 Å². The van der Waals surface area contributed by atoms with Gasteiger partial charge in [-0.2, -0.15) is 0 Å². The molecular weight excluding hydrogens is 456 g/mol. The minimum Gasteiger partial charge on any atom is -0.390 e. The molecule has 10 heteroatoms. The largest absolute Gasteiger partial charge is 0.390 e. The molecule has 6 rings (SSSR count). The van der Waals surface area contributed by atoms with Crippen LogP contribution < -0.4 is 5.32 Å². The predicted octanol–water partition coefficient (Wildman–Crippen LogP) is 1.36. The SMILES string of the molecule is C#Cc1cc(F)cc([C@H]2C[C@H](F)CN2C(=O)C2=NCc3ncnc(N[C@H]4[C@H](O)[C@H](O)[C@@H]5C[C@@H]54)c32)c1. The van der Waals surface area contributed by atoms with Gasteiger partial charge >= 0.3 is 0 Å². The third-order valence-corrected chi connectivity index (χ3v) is 7.55. The van der Waals surface area contributed by atoms with Crippen LogP contribution in [0.25, 0.3) is 0 Å². The van der Waals surface area contributed by atoms with Crippen molar-refractivity contribution in [3.63, 3.8) is 0 Å². The Hall–Kier alpha value is -3.42. The first kappa shape index (κ1) is 22.1. The van der Waals surface area contributed by atoms with E-state index in [1.165, 1.54) is 23.4 Å². The van der Waals surface area contributed by atoms with Crippen molar-refractivity contribution >= 4 is 17.4 Å². The minimum absolute atomic E-state index is 0.0188. The van der Waals surface area contributed by atoms with Crippen LogP contribution in [-0.2, 0) is 11.3 Å². The quantitative estimate of drug-likeness (QED) is 0.572. The van der Waals surface area contributed by atoms with Crippen molar-refractivity contribution in [2.75, 3.05) is 11.9 Å². The number of aliphatic hydroxyl groups is 2. The van der Waals surface area contributed by atoms with Crippen molar-refractivity contribution in [3.8, 4) is 12.3 Å². The predicted molar refractivity (Wildman–Crippen MR) is 122 cm³/mol. The van der Waals surface area contributed by atoms with Crippen molar-refractivity contribution < 1.29 is 23.8 Å². The zero-order chi connectivity index (χ0) is 24.4. The number of aliphatic hydroxyl groups excluding tert-OH is 2. The molecule has 2 aliphatic heterocycles. The highest BCUT2D eigenvalue weighted by Gasteiger charge is 2.59. The topological polar surface area (TPSA) is 111 Å². The van der Waals surface area contributed by atoms with Crippen LogP contribution in [0.5, 0.6) is 0 Å². The number of benzene rings is 1. The minimum atomic E-state index is -1.28. The summed E-state index contributed by atoms with van der Waals surface area (Å²) in [6, 6.07) is 2.96. The zero-order valence-electron chi connectivity index (χ0n) is 18.6. The van der Waals surface area contributed by atoms with Crippen molar-refractivity contribution in [1.29, 1.82) is 0 Å². The molecule has 3 heterocycles. The number of fused-ring (bicyclic) bond motifs is 2. The lowest BCUT2D eigenvalue weighted by Gasteiger charge is -2.26. The van der Waals surface area contributed by atoms with E-state index in [-0.39, 0.29) is 37.1 Å². The van der Waals surface area contributed by atoms with Crippen LogP contribution in [0, 0.1) is 30.0 Å². The highest BCUT2D eigenvalue weighted by molar-refractivity contribution is 6.47. The molecule has 4 aliphatic rings. The molecular formula is C25H23F2N5O3. The number of nitrogens with zero attached hydrogens (tertiary/aromatic N) is 4. The average molecular weight is 479 g/mol. The number of aliphatic imine (C=N–C) groups is 1. The summed E-state index contributed by atoms with van der Waals surface area (Å²) in [6.45, 7) is 0.00175. The van der Waals surface area contributed by atoms with E-state index in [1.807, 2.05) is 0 Å². The van der Waals surface area contributed by atoms with E-state index in [0.717, 1.165) is 6.42 Å². The van der Waals surface area contributed by atoms with Crippen molar-refractivity contribution in [2.45, 2.75) is 49.8 Å². The summed E-state index contributed by atoms with van der Waals surface area (Å²) >= 11 is 0. The molecule has 2 aliphatic carbocycles. The number of carbonyl (C=O) groups excluding carboxylic acids is 1. The zero-order valence-corrected chi connectivity index (χ0v) is 18.6. The van der Waals surface area contributed by atoms with Crippen molar-refractivity contribution in [1.82, 2.24) is 14.9 Å². The van der Waals surface area contributed by atoms with Gasteiger partial charge < -0.3 is 20.4 Å². The summed E-state index contributed by atoms with van der Waals surface area (Å²) in [5.74, 6) is 1.85. The molecule has 1 saturated heterocycles. The Morgan fingerprint density at radius 2 is 2.00 bits per heavy atom. The first-order chi connectivity index (χ1) is 16.9. The number of carbonyl (C=O) groups is 1. The third-order valence-electron chi connectivity index (χ3n) is 7.55. The van der Waals surface area contributed by atoms with Gasteiger partial charge in [0.1, 0.15) is 35.9 Å². The standard InChI is InChI=1S/C25H23F2N5O3/c1-2-11-3-12(5-13(26)4-11)18-6-14(27)9-32(18)25(35)21-19-17(8-28-21)29-10-30-24(19)31-20-15-7-16(15)22(33)23(20)34/h1,3-5,10,14-16,18,20,22-23,33-34H,6-9H2,(H,29,30,31)/t14-,15-,16+,18+,20+,22+,23-/m0/s1. The molecule has 35 heavy (non-hydrogen) atoms. The number of halogens is 2. The summed E-state index contributed by atoms with van der Waals surface area (Å²) in [5, 5.41) is 23.8. The smallest absolute Gasteiger partial charge is 0.273 e. The number of likely N-dealkylation sites (tertiary alicyclic amines) is 1. The lowest BCUT2D eigenvalue weighted by Crippen LogP contribution is -2.40. The maximum atomic E-state index is 14.6. The number of terminal acetylenes is 1. The number of alkyl halides is 1. The van der Waals surface area contributed by atoms with Gasteiger partial charge in [-0.15, -0.1) is 6.42 Å². The van der Waals surface area contributed by atoms with E-state index in [9.17, 15) is 23.8 Å². The van der Waals surface area contributed by atoms with Crippen LogP contribution in [0.1, 0.15) is 41.3 Å². The van der Waals surface area contributed by atoms with Crippen molar-refractivity contribution in [2.24, 2.45) is 16.8 Å². The fourth-order valence-electron chi connectivity index (χ4n) is 5.77. The fourth-order valence-corrected chi connectivity index (χ4v) is 5.77. The Labute approximate surface area is 200 Å². The van der Waals surface area contributed by atoms with Gasteiger partial charge in [0.25, 0.3) is 5.91 Å². The number of hydrogen-bond acceptors (Lipinski definition) is 7. The van der Waals surface area contributed by atoms with Gasteiger partial charge in [-0.25, -0.2) is 18.7 Å². The normalized spacial score (nSPS) is 32.6. The van der Waals surface area contributed by atoms with Gasteiger partial charge in [0.15, 0.2) is 0 Å². The number of anilines is 1. The molecule has 1 aromatic carbocycles. The van der Waals surface area contributed by atoms with E-state index in [4.69, 9.17) is 6.42 Å². The first-order valence-electron chi connectivity index (χ1n) is 11.6. The third kappa shape index (κ3) is 3.58. The molecule has 0 spiro atoms. The summed E-state index contributed by atoms with van der Waals surface area (Å²) < 4.78 is 28.7. The van der Waals surface area contributed by atoms with E-state index in [2.05, 4.69) is 26.2 Å². The highest BCUT2D eigenvalue weighted by atomic mass is 19.1. The van der Waals surface area contributed by atoms with Gasteiger partial charge in [-0.1, -0.05) is 5.92 Å².